The third kappa shape index (κ3) is 3.74. The Hall–Kier alpha value is -1.47. The topological polar surface area (TPSA) is 89.1 Å². The molecular formula is C12H22N6O. The highest BCUT2D eigenvalue weighted by molar-refractivity contribution is 5.79. The van der Waals surface area contributed by atoms with Crippen LogP contribution < -0.4 is 11.1 Å². The zero-order valence-electron chi connectivity index (χ0n) is 11.5. The van der Waals surface area contributed by atoms with E-state index in [9.17, 15) is 4.79 Å². The summed E-state index contributed by atoms with van der Waals surface area (Å²) in [6, 6.07) is -0.0123. The van der Waals surface area contributed by atoms with E-state index in [1.807, 2.05) is 13.8 Å². The first kappa shape index (κ1) is 14.0. The molecule has 7 nitrogen and oxygen atoms in total. The van der Waals surface area contributed by atoms with E-state index in [-0.39, 0.29) is 18.0 Å². The van der Waals surface area contributed by atoms with Crippen LogP contribution >= 0.6 is 0 Å². The smallest absolute Gasteiger partial charge is 0.234 e. The fraction of sp³-hybridized carbons (Fsp3) is 0.750. The number of hydrogen-bond donors (Lipinski definition) is 2. The Bertz CT molecular complexity index is 430. The molecule has 1 aliphatic heterocycles. The second-order valence-electron chi connectivity index (χ2n) is 5.28. The van der Waals surface area contributed by atoms with Gasteiger partial charge in [0.05, 0.1) is 12.6 Å². The van der Waals surface area contributed by atoms with Crippen LogP contribution in [-0.2, 0) is 17.9 Å². The first-order valence-electron chi connectivity index (χ1n) is 6.70. The number of primary amides is 1. The van der Waals surface area contributed by atoms with Crippen molar-refractivity contribution in [3.8, 4) is 0 Å². The average molecular weight is 266 g/mol. The fourth-order valence-corrected chi connectivity index (χ4v) is 2.33. The maximum Gasteiger partial charge on any atom is 0.234 e. The molecule has 2 rings (SSSR count). The van der Waals surface area contributed by atoms with Gasteiger partial charge in [0.2, 0.25) is 5.91 Å². The molecule has 0 saturated heterocycles. The van der Waals surface area contributed by atoms with E-state index in [4.69, 9.17) is 5.73 Å². The van der Waals surface area contributed by atoms with Crippen LogP contribution in [-0.4, -0.2) is 50.7 Å². The maximum atomic E-state index is 11.4. The minimum Gasteiger partial charge on any atom is -0.368 e. The standard InChI is InChI=1S/C12H22N6O/c1-9(2)15-10(12(13)19)3-4-17-5-6-18-8-14-16-11(18)7-17/h8-10,15H,3-7H2,1-2H3,(H2,13,19). The lowest BCUT2D eigenvalue weighted by molar-refractivity contribution is -0.120. The van der Waals surface area contributed by atoms with E-state index in [2.05, 4.69) is 25.0 Å². The van der Waals surface area contributed by atoms with Crippen molar-refractivity contribution >= 4 is 5.91 Å². The third-order valence-corrected chi connectivity index (χ3v) is 3.33. The Morgan fingerprint density at radius 3 is 3.00 bits per heavy atom. The first-order chi connectivity index (χ1) is 9.06. The number of hydrogen-bond acceptors (Lipinski definition) is 5. The van der Waals surface area contributed by atoms with Gasteiger partial charge in [0.25, 0.3) is 0 Å². The normalized spacial score (nSPS) is 17.4. The lowest BCUT2D eigenvalue weighted by atomic mass is 10.1. The van der Waals surface area contributed by atoms with Crippen LogP contribution in [0.2, 0.25) is 0 Å². The van der Waals surface area contributed by atoms with Gasteiger partial charge in [0.15, 0.2) is 0 Å². The van der Waals surface area contributed by atoms with Gasteiger partial charge in [-0.15, -0.1) is 10.2 Å². The first-order valence-corrected chi connectivity index (χ1v) is 6.70. The summed E-state index contributed by atoms with van der Waals surface area (Å²) in [4.78, 5) is 13.7. The number of amides is 1. The van der Waals surface area contributed by atoms with Gasteiger partial charge in [0, 0.05) is 25.7 Å². The summed E-state index contributed by atoms with van der Waals surface area (Å²) in [6.45, 7) is 7.51. The lowest BCUT2D eigenvalue weighted by Crippen LogP contribution is -2.47. The van der Waals surface area contributed by atoms with Crippen molar-refractivity contribution in [3.05, 3.63) is 12.2 Å². The number of rotatable bonds is 6. The number of carbonyl (C=O) groups is 1. The SMILES string of the molecule is CC(C)NC(CCN1CCn2cnnc2C1)C(N)=O. The van der Waals surface area contributed by atoms with Crippen LogP contribution in [0.1, 0.15) is 26.1 Å². The molecule has 1 aliphatic rings. The molecule has 1 unspecified atom stereocenters. The zero-order valence-corrected chi connectivity index (χ0v) is 11.5. The Balaban J connectivity index is 1.83. The monoisotopic (exact) mass is 266 g/mol. The van der Waals surface area contributed by atoms with Gasteiger partial charge in [-0.25, -0.2) is 0 Å². The summed E-state index contributed by atoms with van der Waals surface area (Å²) in [7, 11) is 0. The molecule has 0 aromatic carbocycles. The van der Waals surface area contributed by atoms with Crippen LogP contribution in [0.25, 0.3) is 0 Å². The van der Waals surface area contributed by atoms with Gasteiger partial charge in [-0.1, -0.05) is 13.8 Å². The molecule has 3 N–H and O–H groups in total. The van der Waals surface area contributed by atoms with E-state index >= 15 is 0 Å². The summed E-state index contributed by atoms with van der Waals surface area (Å²) in [5, 5.41) is 11.2. The van der Waals surface area contributed by atoms with E-state index < -0.39 is 0 Å². The van der Waals surface area contributed by atoms with Crippen molar-refractivity contribution in [2.45, 2.75) is 45.4 Å². The van der Waals surface area contributed by atoms with E-state index in [0.717, 1.165) is 38.4 Å². The molecule has 0 spiro atoms. The van der Waals surface area contributed by atoms with Gasteiger partial charge < -0.3 is 15.6 Å². The molecule has 1 aromatic heterocycles. The van der Waals surface area contributed by atoms with Gasteiger partial charge in [0.1, 0.15) is 12.2 Å². The molecule has 1 aromatic rings. The van der Waals surface area contributed by atoms with Crippen molar-refractivity contribution in [2.24, 2.45) is 5.73 Å². The van der Waals surface area contributed by atoms with Gasteiger partial charge in [-0.3, -0.25) is 9.69 Å². The fourth-order valence-electron chi connectivity index (χ4n) is 2.33. The van der Waals surface area contributed by atoms with E-state index in [0.29, 0.717) is 0 Å². The van der Waals surface area contributed by atoms with Crippen LogP contribution in [0, 0.1) is 0 Å². The number of nitrogens with zero attached hydrogens (tertiary/aromatic N) is 4. The number of nitrogens with one attached hydrogen (secondary N) is 1. The highest BCUT2D eigenvalue weighted by Crippen LogP contribution is 2.10. The number of fused-ring (bicyclic) bond motifs is 1. The molecule has 1 amide bonds. The van der Waals surface area contributed by atoms with Crippen LogP contribution in [0.4, 0.5) is 0 Å². The highest BCUT2D eigenvalue weighted by Gasteiger charge is 2.21. The molecule has 0 bridgehead atoms. The molecule has 19 heavy (non-hydrogen) atoms. The second kappa shape index (κ2) is 6.12. The third-order valence-electron chi connectivity index (χ3n) is 3.33. The highest BCUT2D eigenvalue weighted by atomic mass is 16.1. The number of aromatic nitrogens is 3. The Kier molecular flexibility index (Phi) is 4.49. The Morgan fingerprint density at radius 1 is 1.53 bits per heavy atom. The minimum atomic E-state index is -0.283. The predicted molar refractivity (Wildman–Crippen MR) is 71.2 cm³/mol. The molecular weight excluding hydrogens is 244 g/mol. The van der Waals surface area contributed by atoms with Crippen molar-refractivity contribution in [1.82, 2.24) is 25.0 Å². The van der Waals surface area contributed by atoms with Crippen molar-refractivity contribution in [3.63, 3.8) is 0 Å². The van der Waals surface area contributed by atoms with Crippen LogP contribution in [0.15, 0.2) is 6.33 Å². The molecule has 2 heterocycles. The zero-order chi connectivity index (χ0) is 13.8. The number of carbonyl (C=O) groups excluding carboxylic acids is 1. The summed E-state index contributed by atoms with van der Waals surface area (Å²) in [5.41, 5.74) is 5.41. The van der Waals surface area contributed by atoms with Crippen molar-refractivity contribution in [2.75, 3.05) is 13.1 Å². The summed E-state index contributed by atoms with van der Waals surface area (Å²) in [6.07, 6.45) is 2.49. The Morgan fingerprint density at radius 2 is 2.32 bits per heavy atom. The summed E-state index contributed by atoms with van der Waals surface area (Å²) in [5.74, 6) is 0.701. The molecule has 0 saturated carbocycles. The molecule has 0 radical (unpaired) electrons. The second-order valence-corrected chi connectivity index (χ2v) is 5.28. The largest absolute Gasteiger partial charge is 0.368 e. The molecule has 7 heteroatoms. The summed E-state index contributed by atoms with van der Waals surface area (Å²) >= 11 is 0. The van der Waals surface area contributed by atoms with Crippen LogP contribution in [0.5, 0.6) is 0 Å². The average Bonchev–Trinajstić information content (AvgIpc) is 2.80. The van der Waals surface area contributed by atoms with Gasteiger partial charge >= 0.3 is 0 Å². The lowest BCUT2D eigenvalue weighted by Gasteiger charge is -2.28. The van der Waals surface area contributed by atoms with Crippen molar-refractivity contribution < 1.29 is 4.79 Å². The van der Waals surface area contributed by atoms with Gasteiger partial charge in [-0.05, 0) is 6.42 Å². The van der Waals surface area contributed by atoms with E-state index in [1.54, 1.807) is 6.33 Å². The molecule has 0 fully saturated rings. The molecule has 106 valence electrons. The quantitative estimate of drug-likeness (QED) is 0.713. The minimum absolute atomic E-state index is 0.252. The Labute approximate surface area is 113 Å². The van der Waals surface area contributed by atoms with Gasteiger partial charge in [-0.2, -0.15) is 0 Å². The summed E-state index contributed by atoms with van der Waals surface area (Å²) < 4.78 is 2.06. The van der Waals surface area contributed by atoms with E-state index in [1.165, 1.54) is 0 Å². The van der Waals surface area contributed by atoms with Crippen molar-refractivity contribution in [1.29, 1.82) is 0 Å². The molecule has 0 aliphatic carbocycles. The maximum absolute atomic E-state index is 11.4. The predicted octanol–water partition coefficient (Wildman–Crippen LogP) is -0.664. The molecule has 1 atom stereocenters. The number of nitrogens with two attached hydrogens (primary N) is 1. The van der Waals surface area contributed by atoms with Crippen LogP contribution in [0.3, 0.4) is 0 Å².